The minimum absolute atomic E-state index is 0.228. The molecule has 1 aromatic rings. The van der Waals surface area contributed by atoms with Crippen LogP contribution in [0, 0.1) is 11.8 Å². The highest BCUT2D eigenvalue weighted by molar-refractivity contribution is 5.39. The topological polar surface area (TPSA) is 30.5 Å². The average Bonchev–Trinajstić information content (AvgIpc) is 2.48. The summed E-state index contributed by atoms with van der Waals surface area (Å²) in [5.74, 6) is 3.14. The van der Waals surface area contributed by atoms with Crippen molar-refractivity contribution in [1.82, 2.24) is 5.32 Å². The van der Waals surface area contributed by atoms with E-state index in [1.54, 1.807) is 0 Å². The number of benzene rings is 1. The number of para-hydroxylation sites is 2. The molecule has 1 saturated heterocycles. The second-order valence-corrected chi connectivity index (χ2v) is 6.48. The van der Waals surface area contributed by atoms with E-state index in [0.717, 1.165) is 37.1 Å². The molecule has 1 aromatic carbocycles. The summed E-state index contributed by atoms with van der Waals surface area (Å²) in [6.07, 6.45) is 6.71. The van der Waals surface area contributed by atoms with E-state index in [9.17, 15) is 0 Å². The second kappa shape index (κ2) is 7.17. The monoisotopic (exact) mass is 289 g/mol. The van der Waals surface area contributed by atoms with Crippen LogP contribution < -0.4 is 14.8 Å². The van der Waals surface area contributed by atoms with E-state index in [-0.39, 0.29) is 6.10 Å². The smallest absolute Gasteiger partial charge is 0.161 e. The molecule has 1 heterocycles. The fourth-order valence-corrected chi connectivity index (χ4v) is 3.11. The van der Waals surface area contributed by atoms with Crippen molar-refractivity contribution >= 4 is 0 Å². The molecule has 2 aliphatic rings. The summed E-state index contributed by atoms with van der Waals surface area (Å²) in [5, 5.41) is 3.46. The highest BCUT2D eigenvalue weighted by Crippen LogP contribution is 2.32. The number of nitrogens with one attached hydrogen (secondary N) is 1. The lowest BCUT2D eigenvalue weighted by molar-refractivity contribution is 0.120. The first kappa shape index (κ1) is 14.7. The van der Waals surface area contributed by atoms with Gasteiger partial charge in [0.1, 0.15) is 6.10 Å². The van der Waals surface area contributed by atoms with Gasteiger partial charge in [-0.1, -0.05) is 18.6 Å². The van der Waals surface area contributed by atoms with Gasteiger partial charge >= 0.3 is 0 Å². The molecule has 0 bridgehead atoms. The molecule has 1 N–H and O–H groups in total. The van der Waals surface area contributed by atoms with Crippen LogP contribution in [-0.4, -0.2) is 25.8 Å². The Morgan fingerprint density at radius 3 is 2.62 bits per heavy atom. The molecule has 1 saturated carbocycles. The van der Waals surface area contributed by atoms with Gasteiger partial charge in [-0.15, -0.1) is 0 Å². The summed E-state index contributed by atoms with van der Waals surface area (Å²) in [6, 6.07) is 8.11. The molecule has 0 spiro atoms. The molecular weight excluding hydrogens is 262 g/mol. The number of hydrogen-bond donors (Lipinski definition) is 1. The van der Waals surface area contributed by atoms with Crippen molar-refractivity contribution in [2.45, 2.75) is 45.1 Å². The predicted octanol–water partition coefficient (Wildman–Crippen LogP) is 3.63. The van der Waals surface area contributed by atoms with Crippen molar-refractivity contribution in [1.29, 1.82) is 0 Å². The third-order valence-corrected chi connectivity index (χ3v) is 4.86. The van der Waals surface area contributed by atoms with Gasteiger partial charge in [0, 0.05) is 12.5 Å². The Bertz CT molecular complexity index is 439. The van der Waals surface area contributed by atoms with Gasteiger partial charge in [0.2, 0.25) is 0 Å². The van der Waals surface area contributed by atoms with E-state index in [2.05, 4.69) is 12.2 Å². The normalized spacial score (nSPS) is 24.1. The van der Waals surface area contributed by atoms with E-state index in [1.165, 1.54) is 32.1 Å². The largest absolute Gasteiger partial charge is 0.489 e. The zero-order valence-corrected chi connectivity index (χ0v) is 13.0. The maximum Gasteiger partial charge on any atom is 0.161 e. The summed E-state index contributed by atoms with van der Waals surface area (Å²) in [7, 11) is 0. The maximum atomic E-state index is 6.20. The molecule has 1 aliphatic carbocycles. The molecule has 116 valence electrons. The zero-order valence-electron chi connectivity index (χ0n) is 13.0. The lowest BCUT2D eigenvalue weighted by Crippen LogP contribution is -2.37. The summed E-state index contributed by atoms with van der Waals surface area (Å²) in [4.78, 5) is 0. The van der Waals surface area contributed by atoms with Crippen LogP contribution >= 0.6 is 0 Å². The molecule has 2 atom stereocenters. The van der Waals surface area contributed by atoms with Crippen molar-refractivity contribution in [3.63, 3.8) is 0 Å². The highest BCUT2D eigenvalue weighted by Gasteiger charge is 2.23. The standard InChI is InChI=1S/C18H27NO2/c1-14(16-8-5-11-19-12-16)21-18-10-3-2-9-17(18)20-13-15-6-4-7-15/h2-3,9-10,14-16,19H,4-8,11-13H2,1H3. The predicted molar refractivity (Wildman–Crippen MR) is 85.0 cm³/mol. The third kappa shape index (κ3) is 3.91. The SMILES string of the molecule is CC(Oc1ccccc1OCC1CCC1)C1CCCNC1. The van der Waals surface area contributed by atoms with Gasteiger partial charge in [0.05, 0.1) is 6.61 Å². The first-order valence-electron chi connectivity index (χ1n) is 8.42. The van der Waals surface area contributed by atoms with Crippen LogP contribution in [0.4, 0.5) is 0 Å². The van der Waals surface area contributed by atoms with E-state index in [4.69, 9.17) is 9.47 Å². The Labute approximate surface area is 128 Å². The van der Waals surface area contributed by atoms with Crippen LogP contribution in [0.3, 0.4) is 0 Å². The van der Waals surface area contributed by atoms with Crippen molar-refractivity contribution < 1.29 is 9.47 Å². The zero-order chi connectivity index (χ0) is 14.5. The number of rotatable bonds is 6. The lowest BCUT2D eigenvalue weighted by Gasteiger charge is -2.30. The molecule has 21 heavy (non-hydrogen) atoms. The van der Waals surface area contributed by atoms with Crippen LogP contribution in [0.5, 0.6) is 11.5 Å². The van der Waals surface area contributed by atoms with E-state index < -0.39 is 0 Å². The minimum atomic E-state index is 0.228. The fraction of sp³-hybridized carbons (Fsp3) is 0.667. The van der Waals surface area contributed by atoms with Crippen molar-refractivity contribution in [2.24, 2.45) is 11.8 Å². The Morgan fingerprint density at radius 1 is 1.14 bits per heavy atom. The molecule has 3 rings (SSSR count). The summed E-state index contributed by atoms with van der Waals surface area (Å²) in [6.45, 7) is 5.22. The van der Waals surface area contributed by atoms with Crippen molar-refractivity contribution in [3.8, 4) is 11.5 Å². The second-order valence-electron chi connectivity index (χ2n) is 6.48. The summed E-state index contributed by atoms with van der Waals surface area (Å²) < 4.78 is 12.2. The van der Waals surface area contributed by atoms with E-state index in [0.29, 0.717) is 5.92 Å². The molecular formula is C18H27NO2. The quantitative estimate of drug-likeness (QED) is 0.867. The van der Waals surface area contributed by atoms with Gasteiger partial charge < -0.3 is 14.8 Å². The van der Waals surface area contributed by atoms with Crippen molar-refractivity contribution in [2.75, 3.05) is 19.7 Å². The Hall–Kier alpha value is -1.22. The molecule has 0 radical (unpaired) electrons. The van der Waals surface area contributed by atoms with E-state index in [1.807, 2.05) is 24.3 Å². The summed E-state index contributed by atoms with van der Waals surface area (Å²) >= 11 is 0. The van der Waals surface area contributed by atoms with Gasteiger partial charge in [-0.3, -0.25) is 0 Å². The van der Waals surface area contributed by atoms with Crippen LogP contribution in [-0.2, 0) is 0 Å². The number of ether oxygens (including phenoxy) is 2. The molecule has 3 nitrogen and oxygen atoms in total. The Kier molecular flexibility index (Phi) is 5.02. The molecule has 2 fully saturated rings. The number of piperidine rings is 1. The molecule has 3 heteroatoms. The molecule has 0 aromatic heterocycles. The van der Waals surface area contributed by atoms with Gasteiger partial charge in [-0.2, -0.15) is 0 Å². The highest BCUT2D eigenvalue weighted by atomic mass is 16.5. The Balaban J connectivity index is 1.57. The minimum Gasteiger partial charge on any atom is -0.489 e. The summed E-state index contributed by atoms with van der Waals surface area (Å²) in [5.41, 5.74) is 0. The third-order valence-electron chi connectivity index (χ3n) is 4.86. The van der Waals surface area contributed by atoms with Crippen LogP contribution in [0.25, 0.3) is 0 Å². The molecule has 2 unspecified atom stereocenters. The molecule has 0 amide bonds. The van der Waals surface area contributed by atoms with Gasteiger partial charge in [-0.05, 0) is 57.2 Å². The molecule has 1 aliphatic heterocycles. The first-order valence-corrected chi connectivity index (χ1v) is 8.42. The van der Waals surface area contributed by atoms with Crippen LogP contribution in [0.2, 0.25) is 0 Å². The average molecular weight is 289 g/mol. The van der Waals surface area contributed by atoms with E-state index >= 15 is 0 Å². The fourth-order valence-electron chi connectivity index (χ4n) is 3.11. The van der Waals surface area contributed by atoms with Crippen molar-refractivity contribution in [3.05, 3.63) is 24.3 Å². The number of hydrogen-bond acceptors (Lipinski definition) is 3. The Morgan fingerprint density at radius 2 is 1.95 bits per heavy atom. The van der Waals surface area contributed by atoms with Crippen LogP contribution in [0.15, 0.2) is 24.3 Å². The van der Waals surface area contributed by atoms with Crippen LogP contribution in [0.1, 0.15) is 39.0 Å². The van der Waals surface area contributed by atoms with Gasteiger partial charge in [-0.25, -0.2) is 0 Å². The maximum absolute atomic E-state index is 6.20. The van der Waals surface area contributed by atoms with Gasteiger partial charge in [0.25, 0.3) is 0 Å². The first-order chi connectivity index (χ1) is 10.3. The lowest BCUT2D eigenvalue weighted by atomic mass is 9.86. The van der Waals surface area contributed by atoms with Gasteiger partial charge in [0.15, 0.2) is 11.5 Å².